The summed E-state index contributed by atoms with van der Waals surface area (Å²) in [6, 6.07) is 10.7. The van der Waals surface area contributed by atoms with Crippen LogP contribution in [0.25, 0.3) is 11.3 Å². The van der Waals surface area contributed by atoms with Crippen molar-refractivity contribution in [2.45, 2.75) is 39.2 Å². The van der Waals surface area contributed by atoms with Crippen molar-refractivity contribution in [1.29, 1.82) is 5.26 Å². The second-order valence-corrected chi connectivity index (χ2v) is 8.34. The van der Waals surface area contributed by atoms with Crippen LogP contribution in [0.1, 0.15) is 43.4 Å². The summed E-state index contributed by atoms with van der Waals surface area (Å²) in [5.74, 6) is 1.71. The SMILES string of the molecule is Br.CCN1C(c2ccc(Br)cc2)=CSC1=C(C#N)c1nnc2n1CCCCC2. The van der Waals surface area contributed by atoms with Crippen molar-refractivity contribution in [3.8, 4) is 6.07 Å². The maximum Gasteiger partial charge on any atom is 0.177 e. The van der Waals surface area contributed by atoms with E-state index < -0.39 is 0 Å². The maximum atomic E-state index is 9.98. The Morgan fingerprint density at radius 2 is 2.00 bits per heavy atom. The molecular weight excluding hydrogens is 502 g/mol. The Morgan fingerprint density at radius 1 is 1.21 bits per heavy atom. The molecule has 0 bridgehead atoms. The lowest BCUT2D eigenvalue weighted by Crippen LogP contribution is -2.18. The van der Waals surface area contributed by atoms with Crippen LogP contribution in [-0.2, 0) is 13.0 Å². The van der Waals surface area contributed by atoms with Crippen LogP contribution in [0.15, 0.2) is 39.2 Å². The van der Waals surface area contributed by atoms with E-state index in [1.807, 2.05) is 12.1 Å². The number of aryl methyl sites for hydroxylation is 1. The summed E-state index contributed by atoms with van der Waals surface area (Å²) >= 11 is 5.09. The van der Waals surface area contributed by atoms with Gasteiger partial charge >= 0.3 is 0 Å². The number of aromatic nitrogens is 3. The van der Waals surface area contributed by atoms with Gasteiger partial charge in [0, 0.05) is 29.4 Å². The van der Waals surface area contributed by atoms with Crippen LogP contribution in [-0.4, -0.2) is 26.2 Å². The zero-order valence-corrected chi connectivity index (χ0v) is 19.7. The molecule has 2 aliphatic rings. The molecule has 0 saturated heterocycles. The Bertz CT molecular complexity index is 956. The van der Waals surface area contributed by atoms with Crippen LogP contribution < -0.4 is 0 Å². The molecule has 8 heteroatoms. The van der Waals surface area contributed by atoms with Crippen molar-refractivity contribution in [3.05, 3.63) is 56.4 Å². The fourth-order valence-electron chi connectivity index (χ4n) is 3.56. The van der Waals surface area contributed by atoms with Gasteiger partial charge in [0.25, 0.3) is 0 Å². The largest absolute Gasteiger partial charge is 0.334 e. The van der Waals surface area contributed by atoms with E-state index in [4.69, 9.17) is 0 Å². The minimum Gasteiger partial charge on any atom is -0.334 e. The minimum absolute atomic E-state index is 0. The van der Waals surface area contributed by atoms with Crippen molar-refractivity contribution < 1.29 is 0 Å². The molecule has 28 heavy (non-hydrogen) atoms. The average molecular weight is 523 g/mol. The molecule has 1 aromatic carbocycles. The van der Waals surface area contributed by atoms with Crippen molar-refractivity contribution in [3.63, 3.8) is 0 Å². The van der Waals surface area contributed by atoms with Gasteiger partial charge in [0.15, 0.2) is 5.82 Å². The zero-order valence-electron chi connectivity index (χ0n) is 15.6. The monoisotopic (exact) mass is 521 g/mol. The topological polar surface area (TPSA) is 57.7 Å². The van der Waals surface area contributed by atoms with Gasteiger partial charge in [-0.25, -0.2) is 0 Å². The average Bonchev–Trinajstić information content (AvgIpc) is 3.20. The molecule has 0 saturated carbocycles. The third kappa shape index (κ3) is 3.93. The molecule has 0 N–H and O–H groups in total. The Kier molecular flexibility index (Phi) is 7.02. The maximum absolute atomic E-state index is 9.98. The van der Waals surface area contributed by atoms with Gasteiger partial charge in [-0.05, 0) is 37.5 Å². The van der Waals surface area contributed by atoms with E-state index in [0.29, 0.717) is 11.4 Å². The Balaban J connectivity index is 0.00000225. The first-order chi connectivity index (χ1) is 13.2. The fourth-order valence-corrected chi connectivity index (χ4v) is 4.92. The van der Waals surface area contributed by atoms with E-state index in [1.165, 1.54) is 6.42 Å². The van der Waals surface area contributed by atoms with E-state index in [-0.39, 0.29) is 17.0 Å². The predicted octanol–water partition coefficient (Wildman–Crippen LogP) is 5.60. The molecule has 0 radical (unpaired) electrons. The summed E-state index contributed by atoms with van der Waals surface area (Å²) in [5.41, 5.74) is 2.87. The normalized spacial score (nSPS) is 17.9. The first kappa shape index (κ1) is 21.2. The lowest BCUT2D eigenvalue weighted by molar-refractivity contribution is 0.556. The first-order valence-electron chi connectivity index (χ1n) is 9.20. The molecule has 0 aliphatic carbocycles. The number of rotatable bonds is 3. The second-order valence-electron chi connectivity index (χ2n) is 6.57. The van der Waals surface area contributed by atoms with Gasteiger partial charge in [0.2, 0.25) is 0 Å². The molecular formula is C20H21Br2N5S. The van der Waals surface area contributed by atoms with Crippen LogP contribution in [0.2, 0.25) is 0 Å². The van der Waals surface area contributed by atoms with Gasteiger partial charge in [0.1, 0.15) is 22.5 Å². The number of benzene rings is 1. The molecule has 146 valence electrons. The lowest BCUT2D eigenvalue weighted by Gasteiger charge is -2.23. The number of fused-ring (bicyclic) bond motifs is 1. The predicted molar refractivity (Wildman–Crippen MR) is 123 cm³/mol. The van der Waals surface area contributed by atoms with Gasteiger partial charge in [0.05, 0.1) is 5.70 Å². The molecule has 2 aliphatic heterocycles. The Morgan fingerprint density at radius 3 is 2.71 bits per heavy atom. The van der Waals surface area contributed by atoms with E-state index in [9.17, 15) is 5.26 Å². The molecule has 2 aromatic rings. The number of hydrogen-bond donors (Lipinski definition) is 0. The summed E-state index contributed by atoms with van der Waals surface area (Å²) < 4.78 is 3.20. The number of halogens is 2. The molecule has 0 unspecified atom stereocenters. The summed E-state index contributed by atoms with van der Waals surface area (Å²) in [4.78, 5) is 2.20. The van der Waals surface area contributed by atoms with Crippen LogP contribution >= 0.6 is 44.7 Å². The van der Waals surface area contributed by atoms with Gasteiger partial charge in [-0.2, -0.15) is 5.26 Å². The highest BCUT2D eigenvalue weighted by molar-refractivity contribution is 9.10. The van der Waals surface area contributed by atoms with Gasteiger partial charge in [-0.3, -0.25) is 0 Å². The van der Waals surface area contributed by atoms with Gasteiger partial charge in [-0.15, -0.1) is 27.2 Å². The van der Waals surface area contributed by atoms with Gasteiger partial charge < -0.3 is 9.47 Å². The van der Waals surface area contributed by atoms with Crippen LogP contribution in [0.5, 0.6) is 0 Å². The summed E-state index contributed by atoms with van der Waals surface area (Å²) in [6.07, 6.45) is 4.39. The minimum atomic E-state index is 0. The molecule has 0 fully saturated rings. The summed E-state index contributed by atoms with van der Waals surface area (Å²) in [6.45, 7) is 3.79. The lowest BCUT2D eigenvalue weighted by atomic mass is 10.1. The summed E-state index contributed by atoms with van der Waals surface area (Å²) in [7, 11) is 0. The fraction of sp³-hybridized carbons (Fsp3) is 0.350. The smallest absolute Gasteiger partial charge is 0.177 e. The molecule has 3 heterocycles. The van der Waals surface area contributed by atoms with Crippen LogP contribution in [0.4, 0.5) is 0 Å². The Labute approximate surface area is 188 Å². The van der Waals surface area contributed by atoms with E-state index >= 15 is 0 Å². The molecule has 4 rings (SSSR count). The molecule has 0 atom stereocenters. The third-order valence-corrected chi connectivity index (χ3v) is 6.45. The Hall–Kier alpha value is -1.56. The molecule has 1 aromatic heterocycles. The first-order valence-corrected chi connectivity index (χ1v) is 10.9. The standard InChI is InChI=1S/C20H20BrN5S.BrH/c1-2-25-17(14-7-9-15(21)10-8-14)13-27-20(25)16(12-22)19-24-23-18-6-4-3-5-11-26(18)19;/h7-10,13H,2-6,11H2,1H3;1H. The van der Waals surface area contributed by atoms with Crippen molar-refractivity contribution in [2.24, 2.45) is 0 Å². The van der Waals surface area contributed by atoms with Crippen molar-refractivity contribution in [1.82, 2.24) is 19.7 Å². The number of hydrogen-bond acceptors (Lipinski definition) is 5. The quantitative estimate of drug-likeness (QED) is 0.491. The van der Waals surface area contributed by atoms with Gasteiger partial charge in [-0.1, -0.05) is 46.2 Å². The van der Waals surface area contributed by atoms with Crippen LogP contribution in [0.3, 0.4) is 0 Å². The van der Waals surface area contributed by atoms with E-state index in [0.717, 1.165) is 58.9 Å². The number of thioether (sulfide) groups is 1. The van der Waals surface area contributed by atoms with E-state index in [2.05, 4.69) is 66.1 Å². The molecule has 5 nitrogen and oxygen atoms in total. The van der Waals surface area contributed by atoms with Crippen LogP contribution in [0, 0.1) is 11.3 Å². The molecule has 0 amide bonds. The van der Waals surface area contributed by atoms with Crippen molar-refractivity contribution >= 4 is 55.9 Å². The number of nitrogens with zero attached hydrogens (tertiary/aromatic N) is 5. The highest BCUT2D eigenvalue weighted by Crippen LogP contribution is 2.43. The zero-order chi connectivity index (χ0) is 18.8. The van der Waals surface area contributed by atoms with E-state index in [1.54, 1.807) is 11.8 Å². The highest BCUT2D eigenvalue weighted by Gasteiger charge is 2.28. The van der Waals surface area contributed by atoms with Crippen molar-refractivity contribution in [2.75, 3.05) is 6.54 Å². The summed E-state index contributed by atoms with van der Waals surface area (Å²) in [5, 5.41) is 21.8. The number of nitriles is 1. The second kappa shape index (κ2) is 9.29. The third-order valence-electron chi connectivity index (χ3n) is 4.93. The number of allylic oxidation sites excluding steroid dienone is 1. The molecule has 0 spiro atoms. The highest BCUT2D eigenvalue weighted by atomic mass is 79.9.